The van der Waals surface area contributed by atoms with Gasteiger partial charge >= 0.3 is 12.0 Å². The van der Waals surface area contributed by atoms with Crippen molar-refractivity contribution < 1.29 is 24.2 Å². The fraction of sp³-hybridized carbons (Fsp3) is 0.833. The highest BCUT2D eigenvalue weighted by Crippen LogP contribution is 2.20. The third-order valence-corrected chi connectivity index (χ3v) is 3.62. The van der Waals surface area contributed by atoms with Gasteiger partial charge in [0, 0.05) is 32.7 Å². The first kappa shape index (κ1) is 14.1. The molecule has 2 saturated heterocycles. The molecule has 2 aliphatic heterocycles. The van der Waals surface area contributed by atoms with Crippen molar-refractivity contribution in [1.82, 2.24) is 9.80 Å². The second kappa shape index (κ2) is 6.21. The quantitative estimate of drug-likeness (QED) is 0.773. The lowest BCUT2D eigenvalue weighted by molar-refractivity contribution is -0.147. The summed E-state index contributed by atoms with van der Waals surface area (Å²) in [6.07, 6.45) is 0.904. The highest BCUT2D eigenvalue weighted by Gasteiger charge is 2.37. The van der Waals surface area contributed by atoms with Crippen LogP contribution in [0.3, 0.4) is 0 Å². The smallest absolute Gasteiger partial charge is 0.328 e. The molecule has 2 unspecified atom stereocenters. The minimum Gasteiger partial charge on any atom is -0.480 e. The summed E-state index contributed by atoms with van der Waals surface area (Å²) < 4.78 is 10.2. The Morgan fingerprint density at radius 1 is 1.42 bits per heavy atom. The summed E-state index contributed by atoms with van der Waals surface area (Å²) in [5.74, 6) is -0.668. The fourth-order valence-electron chi connectivity index (χ4n) is 2.60. The van der Waals surface area contributed by atoms with Crippen LogP contribution in [0.25, 0.3) is 0 Å². The van der Waals surface area contributed by atoms with Gasteiger partial charge in [-0.3, -0.25) is 0 Å². The number of urea groups is 1. The van der Waals surface area contributed by atoms with Gasteiger partial charge in [-0.05, 0) is 6.42 Å². The van der Waals surface area contributed by atoms with E-state index in [9.17, 15) is 9.59 Å². The molecular weight excluding hydrogens is 252 g/mol. The van der Waals surface area contributed by atoms with Gasteiger partial charge in [0.2, 0.25) is 0 Å². The molecule has 2 aliphatic rings. The van der Waals surface area contributed by atoms with Crippen LogP contribution in [0.2, 0.25) is 0 Å². The lowest BCUT2D eigenvalue weighted by Gasteiger charge is -2.35. The number of carbonyl (C=O) groups is 2. The van der Waals surface area contributed by atoms with Gasteiger partial charge in [-0.15, -0.1) is 0 Å². The second-order valence-corrected chi connectivity index (χ2v) is 4.96. The lowest BCUT2D eigenvalue weighted by atomic mass is 10.1. The molecule has 0 aliphatic carbocycles. The van der Waals surface area contributed by atoms with Crippen LogP contribution in [-0.2, 0) is 14.3 Å². The van der Waals surface area contributed by atoms with Crippen molar-refractivity contribution in [2.75, 3.05) is 46.6 Å². The molecule has 7 nitrogen and oxygen atoms in total. The number of morpholine rings is 1. The Labute approximate surface area is 112 Å². The Bertz CT molecular complexity index is 349. The number of likely N-dealkylation sites (tertiary alicyclic amines) is 1. The molecule has 0 spiro atoms. The summed E-state index contributed by atoms with van der Waals surface area (Å²) in [5.41, 5.74) is 0. The van der Waals surface area contributed by atoms with Crippen LogP contribution in [0.15, 0.2) is 0 Å². The maximum absolute atomic E-state index is 12.4. The van der Waals surface area contributed by atoms with E-state index >= 15 is 0 Å². The Morgan fingerprint density at radius 2 is 2.21 bits per heavy atom. The van der Waals surface area contributed by atoms with Crippen LogP contribution in [0.5, 0.6) is 0 Å². The molecule has 2 heterocycles. The number of hydrogen-bond acceptors (Lipinski definition) is 4. The first-order valence-electron chi connectivity index (χ1n) is 6.48. The summed E-state index contributed by atoms with van der Waals surface area (Å²) in [7, 11) is 1.65. The summed E-state index contributed by atoms with van der Waals surface area (Å²) in [6, 6.07) is -1.07. The number of rotatable bonds is 3. The number of hydrogen-bond donors (Lipinski definition) is 1. The molecule has 108 valence electrons. The van der Waals surface area contributed by atoms with Crippen LogP contribution in [0, 0.1) is 5.92 Å². The number of carboxylic acid groups (broad SMARTS) is 1. The van der Waals surface area contributed by atoms with Crippen molar-refractivity contribution >= 4 is 12.0 Å². The molecule has 1 N–H and O–H groups in total. The van der Waals surface area contributed by atoms with E-state index in [1.807, 2.05) is 0 Å². The number of aliphatic carboxylic acids is 1. The number of amides is 2. The second-order valence-electron chi connectivity index (χ2n) is 4.96. The van der Waals surface area contributed by atoms with Gasteiger partial charge in [-0.25, -0.2) is 9.59 Å². The topological polar surface area (TPSA) is 79.3 Å². The summed E-state index contributed by atoms with van der Waals surface area (Å²) in [4.78, 5) is 26.6. The van der Waals surface area contributed by atoms with Crippen molar-refractivity contribution in [3.05, 3.63) is 0 Å². The SMILES string of the molecule is COCC1CCN(C(=O)N2CCOCC2C(=O)O)C1. The molecule has 19 heavy (non-hydrogen) atoms. The van der Waals surface area contributed by atoms with E-state index in [0.717, 1.165) is 6.42 Å². The first-order valence-corrected chi connectivity index (χ1v) is 6.48. The Hall–Kier alpha value is -1.34. The first-order chi connectivity index (χ1) is 9.13. The number of methoxy groups -OCH3 is 1. The Morgan fingerprint density at radius 3 is 2.89 bits per heavy atom. The summed E-state index contributed by atoms with van der Waals surface area (Å²) >= 11 is 0. The third-order valence-electron chi connectivity index (χ3n) is 3.62. The van der Waals surface area contributed by atoms with E-state index in [1.165, 1.54) is 4.90 Å². The maximum Gasteiger partial charge on any atom is 0.328 e. The van der Waals surface area contributed by atoms with Crippen LogP contribution in [0.4, 0.5) is 4.79 Å². The van der Waals surface area contributed by atoms with Crippen molar-refractivity contribution in [2.45, 2.75) is 12.5 Å². The monoisotopic (exact) mass is 272 g/mol. The fourth-order valence-corrected chi connectivity index (χ4v) is 2.60. The van der Waals surface area contributed by atoms with E-state index in [4.69, 9.17) is 14.6 Å². The van der Waals surface area contributed by atoms with Crippen LogP contribution in [0.1, 0.15) is 6.42 Å². The van der Waals surface area contributed by atoms with Gasteiger partial charge in [0.05, 0.1) is 19.8 Å². The van der Waals surface area contributed by atoms with Crippen molar-refractivity contribution in [3.8, 4) is 0 Å². The van der Waals surface area contributed by atoms with E-state index in [-0.39, 0.29) is 12.6 Å². The maximum atomic E-state index is 12.4. The highest BCUT2D eigenvalue weighted by atomic mass is 16.5. The minimum absolute atomic E-state index is 0.0659. The van der Waals surface area contributed by atoms with Crippen molar-refractivity contribution in [1.29, 1.82) is 0 Å². The van der Waals surface area contributed by atoms with Crippen molar-refractivity contribution in [2.24, 2.45) is 5.92 Å². The molecule has 2 atom stereocenters. The third kappa shape index (κ3) is 3.16. The zero-order chi connectivity index (χ0) is 13.8. The molecule has 2 rings (SSSR count). The Kier molecular flexibility index (Phi) is 4.60. The molecule has 0 aromatic heterocycles. The molecule has 0 saturated carbocycles. The standard InChI is InChI=1S/C12H20N2O5/c1-18-7-9-2-3-13(6-9)12(17)14-4-5-19-8-10(14)11(15)16/h9-10H,2-8H2,1H3,(H,15,16). The zero-order valence-electron chi connectivity index (χ0n) is 11.1. The highest BCUT2D eigenvalue weighted by molar-refractivity contribution is 5.83. The van der Waals surface area contributed by atoms with E-state index in [1.54, 1.807) is 12.0 Å². The number of ether oxygens (including phenoxy) is 2. The summed E-state index contributed by atoms with van der Waals surface area (Å²) in [5, 5.41) is 9.12. The predicted octanol–water partition coefficient (Wildman–Crippen LogP) is -0.140. The average molecular weight is 272 g/mol. The molecule has 0 aromatic rings. The molecular formula is C12H20N2O5. The van der Waals surface area contributed by atoms with Crippen LogP contribution in [-0.4, -0.2) is 79.5 Å². The summed E-state index contributed by atoms with van der Waals surface area (Å²) in [6.45, 7) is 2.73. The van der Waals surface area contributed by atoms with Crippen molar-refractivity contribution in [3.63, 3.8) is 0 Å². The van der Waals surface area contributed by atoms with Crippen LogP contribution < -0.4 is 0 Å². The molecule has 0 radical (unpaired) electrons. The predicted molar refractivity (Wildman–Crippen MR) is 65.9 cm³/mol. The average Bonchev–Trinajstić information content (AvgIpc) is 2.87. The van der Waals surface area contributed by atoms with Gasteiger partial charge in [0.1, 0.15) is 0 Å². The van der Waals surface area contributed by atoms with Crippen LogP contribution >= 0.6 is 0 Å². The molecule has 2 fully saturated rings. The molecule has 7 heteroatoms. The molecule has 0 bridgehead atoms. The molecule has 2 amide bonds. The zero-order valence-corrected chi connectivity index (χ0v) is 11.1. The molecule has 0 aromatic carbocycles. The minimum atomic E-state index is -1.01. The van der Waals surface area contributed by atoms with Gasteiger partial charge in [-0.1, -0.05) is 0 Å². The normalized spacial score (nSPS) is 27.6. The van der Waals surface area contributed by atoms with E-state index in [2.05, 4.69) is 0 Å². The number of nitrogens with zero attached hydrogens (tertiary/aromatic N) is 2. The van der Waals surface area contributed by atoms with Gasteiger partial charge in [0.15, 0.2) is 6.04 Å². The van der Waals surface area contributed by atoms with E-state index < -0.39 is 12.0 Å². The van der Waals surface area contributed by atoms with Gasteiger partial charge < -0.3 is 24.4 Å². The lowest BCUT2D eigenvalue weighted by Crippen LogP contribution is -2.56. The Balaban J connectivity index is 1.96. The number of carbonyl (C=O) groups excluding carboxylic acids is 1. The largest absolute Gasteiger partial charge is 0.480 e. The number of carboxylic acids is 1. The van der Waals surface area contributed by atoms with Gasteiger partial charge in [0.25, 0.3) is 0 Å². The van der Waals surface area contributed by atoms with Gasteiger partial charge in [-0.2, -0.15) is 0 Å². The van der Waals surface area contributed by atoms with E-state index in [0.29, 0.717) is 38.8 Å².